The van der Waals surface area contributed by atoms with Gasteiger partial charge in [-0.25, -0.2) is 0 Å². The van der Waals surface area contributed by atoms with Gasteiger partial charge < -0.3 is 10.2 Å². The van der Waals surface area contributed by atoms with Gasteiger partial charge in [-0.15, -0.1) is 11.8 Å². The van der Waals surface area contributed by atoms with Crippen LogP contribution in [0.1, 0.15) is 11.1 Å². The number of carbonyl (C=O) groups excluding carboxylic acids is 2. The summed E-state index contributed by atoms with van der Waals surface area (Å²) in [6.45, 7) is 0.321. The zero-order valence-electron chi connectivity index (χ0n) is 12.9. The number of fused-ring (bicyclic) bond motifs is 1. The molecule has 1 aliphatic rings. The highest BCUT2D eigenvalue weighted by Gasteiger charge is 2.25. The Morgan fingerprint density at radius 2 is 2.08 bits per heavy atom. The van der Waals surface area contributed by atoms with Crippen LogP contribution in [0, 0.1) is 11.3 Å². The minimum absolute atomic E-state index is 0.00561. The first-order chi connectivity index (χ1) is 11.7. The number of anilines is 1. The molecule has 0 spiro atoms. The first-order valence-corrected chi connectivity index (χ1v) is 8.44. The summed E-state index contributed by atoms with van der Waals surface area (Å²) in [4.78, 5) is 26.9. The molecule has 0 bridgehead atoms. The molecule has 6 heteroatoms. The van der Waals surface area contributed by atoms with E-state index in [1.807, 2.05) is 30.3 Å². The average Bonchev–Trinajstić information content (AvgIpc) is 2.62. The molecule has 3 rings (SSSR count). The number of para-hydroxylation sites is 1. The number of benzene rings is 2. The Labute approximate surface area is 144 Å². The second-order valence-corrected chi connectivity index (χ2v) is 6.34. The number of hydrogen-bond donors (Lipinski definition) is 1. The zero-order valence-corrected chi connectivity index (χ0v) is 13.7. The van der Waals surface area contributed by atoms with Crippen LogP contribution in [0.15, 0.2) is 53.4 Å². The van der Waals surface area contributed by atoms with Crippen molar-refractivity contribution < 1.29 is 9.59 Å². The molecule has 120 valence electrons. The van der Waals surface area contributed by atoms with Gasteiger partial charge in [0, 0.05) is 11.4 Å². The lowest BCUT2D eigenvalue weighted by atomic mass is 10.1. The van der Waals surface area contributed by atoms with Crippen LogP contribution >= 0.6 is 11.8 Å². The van der Waals surface area contributed by atoms with Crippen LogP contribution in [0.3, 0.4) is 0 Å². The maximum atomic E-state index is 12.2. The molecule has 2 aromatic carbocycles. The third-order valence-corrected chi connectivity index (χ3v) is 4.70. The van der Waals surface area contributed by atoms with Crippen molar-refractivity contribution in [1.29, 1.82) is 5.26 Å². The molecule has 0 atom stereocenters. The zero-order chi connectivity index (χ0) is 16.9. The highest BCUT2D eigenvalue weighted by molar-refractivity contribution is 8.00. The van der Waals surface area contributed by atoms with Crippen molar-refractivity contribution in [2.45, 2.75) is 11.4 Å². The topological polar surface area (TPSA) is 73.2 Å². The lowest BCUT2D eigenvalue weighted by Crippen LogP contribution is -2.43. The third-order valence-electron chi connectivity index (χ3n) is 3.66. The highest BCUT2D eigenvalue weighted by atomic mass is 32.2. The number of nitriles is 1. The molecule has 2 amide bonds. The standard InChI is InChI=1S/C18H15N3O2S/c19-9-13-4-3-5-14(8-13)10-20-17(22)11-21-15-6-1-2-7-16(15)24-12-18(21)23/h1-8H,10-12H2,(H,20,22). The van der Waals surface area contributed by atoms with Crippen molar-refractivity contribution in [3.8, 4) is 6.07 Å². The summed E-state index contributed by atoms with van der Waals surface area (Å²) in [5.41, 5.74) is 2.18. The van der Waals surface area contributed by atoms with Crippen LogP contribution in [0.4, 0.5) is 5.69 Å². The number of rotatable bonds is 4. The summed E-state index contributed by atoms with van der Waals surface area (Å²) in [5, 5.41) is 11.7. The molecular weight excluding hydrogens is 322 g/mol. The van der Waals surface area contributed by atoms with E-state index in [2.05, 4.69) is 11.4 Å². The van der Waals surface area contributed by atoms with Gasteiger partial charge in [0.1, 0.15) is 6.54 Å². The minimum Gasteiger partial charge on any atom is -0.350 e. The molecule has 0 aliphatic carbocycles. The smallest absolute Gasteiger partial charge is 0.240 e. The predicted molar refractivity (Wildman–Crippen MR) is 92.5 cm³/mol. The highest BCUT2D eigenvalue weighted by Crippen LogP contribution is 2.34. The van der Waals surface area contributed by atoms with E-state index in [9.17, 15) is 9.59 Å². The van der Waals surface area contributed by atoms with Crippen LogP contribution in [0.25, 0.3) is 0 Å². The fraction of sp³-hybridized carbons (Fsp3) is 0.167. The van der Waals surface area contributed by atoms with Crippen molar-refractivity contribution in [3.63, 3.8) is 0 Å². The number of amides is 2. The molecule has 0 unspecified atom stereocenters. The van der Waals surface area contributed by atoms with Crippen LogP contribution in [0.5, 0.6) is 0 Å². The average molecular weight is 337 g/mol. The number of nitrogens with zero attached hydrogens (tertiary/aromatic N) is 2. The molecular formula is C18H15N3O2S. The lowest BCUT2D eigenvalue weighted by molar-refractivity contribution is -0.123. The Hall–Kier alpha value is -2.78. The maximum Gasteiger partial charge on any atom is 0.240 e. The Bertz CT molecular complexity index is 829. The van der Waals surface area contributed by atoms with Crippen LogP contribution in [0.2, 0.25) is 0 Å². The van der Waals surface area contributed by atoms with Gasteiger partial charge in [0.25, 0.3) is 0 Å². The molecule has 0 aromatic heterocycles. The third kappa shape index (κ3) is 3.58. The Morgan fingerprint density at radius 3 is 2.92 bits per heavy atom. The van der Waals surface area contributed by atoms with Crippen LogP contribution < -0.4 is 10.2 Å². The fourth-order valence-corrected chi connectivity index (χ4v) is 3.41. The maximum absolute atomic E-state index is 12.2. The van der Waals surface area contributed by atoms with Crippen LogP contribution in [-0.2, 0) is 16.1 Å². The molecule has 5 nitrogen and oxygen atoms in total. The second kappa shape index (κ2) is 7.20. The summed E-state index contributed by atoms with van der Waals surface area (Å²) >= 11 is 1.49. The molecule has 0 fully saturated rings. The summed E-state index contributed by atoms with van der Waals surface area (Å²) in [7, 11) is 0. The van der Waals surface area contributed by atoms with Crippen molar-refractivity contribution in [1.82, 2.24) is 5.32 Å². The molecule has 0 saturated heterocycles. The molecule has 2 aromatic rings. The Kier molecular flexibility index (Phi) is 4.82. The number of thioether (sulfide) groups is 1. The van der Waals surface area contributed by atoms with Gasteiger partial charge in [-0.2, -0.15) is 5.26 Å². The summed E-state index contributed by atoms with van der Waals surface area (Å²) < 4.78 is 0. The molecule has 1 N–H and O–H groups in total. The predicted octanol–water partition coefficient (Wildman–Crippen LogP) is 2.31. The Balaban J connectivity index is 1.65. The lowest BCUT2D eigenvalue weighted by Gasteiger charge is -2.28. The molecule has 24 heavy (non-hydrogen) atoms. The van der Waals surface area contributed by atoms with E-state index in [4.69, 9.17) is 5.26 Å². The van der Waals surface area contributed by atoms with Gasteiger partial charge in [-0.05, 0) is 29.8 Å². The largest absolute Gasteiger partial charge is 0.350 e. The van der Waals surface area contributed by atoms with Gasteiger partial charge >= 0.3 is 0 Å². The fourth-order valence-electron chi connectivity index (χ4n) is 2.48. The van der Waals surface area contributed by atoms with E-state index in [-0.39, 0.29) is 18.4 Å². The van der Waals surface area contributed by atoms with Gasteiger partial charge in [-0.1, -0.05) is 24.3 Å². The number of hydrogen-bond acceptors (Lipinski definition) is 4. The summed E-state index contributed by atoms with van der Waals surface area (Å²) in [5.74, 6) is 0.0434. The summed E-state index contributed by atoms with van der Waals surface area (Å²) in [6.07, 6.45) is 0. The van der Waals surface area contributed by atoms with Crippen molar-refractivity contribution in [2.75, 3.05) is 17.2 Å². The molecule has 0 saturated carbocycles. The van der Waals surface area contributed by atoms with E-state index in [0.29, 0.717) is 17.9 Å². The first-order valence-electron chi connectivity index (χ1n) is 7.45. The number of nitrogens with one attached hydrogen (secondary N) is 1. The van der Waals surface area contributed by atoms with E-state index >= 15 is 0 Å². The minimum atomic E-state index is -0.229. The molecule has 1 aliphatic heterocycles. The van der Waals surface area contributed by atoms with Gasteiger partial charge in [0.2, 0.25) is 11.8 Å². The quantitative estimate of drug-likeness (QED) is 0.929. The SMILES string of the molecule is N#Cc1cccc(CNC(=O)CN2C(=O)CSc3ccccc32)c1. The van der Waals surface area contributed by atoms with Gasteiger partial charge in [0.05, 0.1) is 23.1 Å². The van der Waals surface area contributed by atoms with Crippen LogP contribution in [-0.4, -0.2) is 24.1 Å². The van der Waals surface area contributed by atoms with E-state index in [0.717, 1.165) is 16.1 Å². The first kappa shape index (κ1) is 16.1. The van der Waals surface area contributed by atoms with Gasteiger partial charge in [-0.3, -0.25) is 9.59 Å². The van der Waals surface area contributed by atoms with Crippen molar-refractivity contribution in [3.05, 3.63) is 59.7 Å². The Morgan fingerprint density at radius 1 is 1.25 bits per heavy atom. The molecule has 0 radical (unpaired) electrons. The normalized spacial score (nSPS) is 13.1. The van der Waals surface area contributed by atoms with Crippen molar-refractivity contribution >= 4 is 29.3 Å². The van der Waals surface area contributed by atoms with E-state index in [1.54, 1.807) is 18.2 Å². The van der Waals surface area contributed by atoms with E-state index in [1.165, 1.54) is 16.7 Å². The van der Waals surface area contributed by atoms with Crippen molar-refractivity contribution in [2.24, 2.45) is 0 Å². The second-order valence-electron chi connectivity index (χ2n) is 5.33. The molecule has 1 heterocycles. The summed E-state index contributed by atoms with van der Waals surface area (Å²) in [6, 6.07) is 16.7. The van der Waals surface area contributed by atoms with E-state index < -0.39 is 0 Å². The number of carbonyl (C=O) groups is 2. The monoisotopic (exact) mass is 337 g/mol. The van der Waals surface area contributed by atoms with Gasteiger partial charge in [0.15, 0.2) is 0 Å².